The zero-order valence-corrected chi connectivity index (χ0v) is 84.4. The molecule has 29 rings (SSSR count). The molecular weight excluding hydrogens is 1870 g/mol. The van der Waals surface area contributed by atoms with Gasteiger partial charge in [0.05, 0.1) is 16.6 Å². The van der Waals surface area contributed by atoms with Crippen LogP contribution in [0.1, 0.15) is 0 Å². The third-order valence-electron chi connectivity index (χ3n) is 29.6. The fraction of sp³-hybridized carbons (Fsp3) is 0. The summed E-state index contributed by atoms with van der Waals surface area (Å²) in [6.45, 7) is 0. The van der Waals surface area contributed by atoms with Crippen LogP contribution in [-0.4, -0.2) is 13.7 Å². The number of aromatic nitrogens is 3. The van der Waals surface area contributed by atoms with Gasteiger partial charge >= 0.3 is 0 Å². The predicted octanol–water partition coefficient (Wildman–Crippen LogP) is 41.3. The van der Waals surface area contributed by atoms with Crippen molar-refractivity contribution in [1.82, 2.24) is 13.7 Å². The van der Waals surface area contributed by atoms with Gasteiger partial charge in [-0.05, 0) is 260 Å². The second-order valence-corrected chi connectivity index (χ2v) is 41.7. The van der Waals surface area contributed by atoms with E-state index in [9.17, 15) is 0 Å². The molecule has 0 spiro atoms. The Morgan fingerprint density at radius 1 is 0.113 bits per heavy atom. The van der Waals surface area contributed by atoms with Crippen LogP contribution in [0.15, 0.2) is 577 Å². The topological polar surface area (TPSA) is 14.8 Å². The zero-order valence-electron chi connectivity index (χ0n) is 81.9. The van der Waals surface area contributed by atoms with Crippen molar-refractivity contribution >= 4 is 127 Å². The number of benzene rings is 23. The molecule has 0 fully saturated rings. The third kappa shape index (κ3) is 17.4. The quantitative estimate of drug-likeness (QED) is 0.0863. The maximum atomic E-state index is 2.37. The van der Waals surface area contributed by atoms with E-state index in [1.807, 2.05) is 34.0 Å². The fourth-order valence-electron chi connectivity index (χ4n) is 21.9. The van der Waals surface area contributed by atoms with E-state index in [2.05, 4.69) is 590 Å². The van der Waals surface area contributed by atoms with Gasteiger partial charge in [0.15, 0.2) is 0 Å². The van der Waals surface area contributed by atoms with Crippen molar-refractivity contribution in [1.29, 1.82) is 0 Å². The Morgan fingerprint density at radius 3 is 0.560 bits per heavy atom. The van der Waals surface area contributed by atoms with Crippen LogP contribution in [0.3, 0.4) is 0 Å². The van der Waals surface area contributed by atoms with Crippen molar-refractivity contribution in [2.24, 2.45) is 0 Å². The van der Waals surface area contributed by atoms with Gasteiger partial charge in [-0.2, -0.15) is 0 Å². The molecule has 0 saturated heterocycles. The summed E-state index contributed by atoms with van der Waals surface area (Å²) in [5.74, 6) is 0. The van der Waals surface area contributed by atoms with Crippen molar-refractivity contribution < 1.29 is 0 Å². The number of hydrogen-bond acceptors (Lipinski definition) is 3. The average Bonchev–Trinajstić information content (AvgIpc) is 1.63. The molecule has 0 atom stereocenters. The van der Waals surface area contributed by atoms with Gasteiger partial charge in [-0.15, -0.1) is 34.0 Å². The lowest BCUT2D eigenvalue weighted by Gasteiger charge is -2.09. The summed E-state index contributed by atoms with van der Waals surface area (Å²) in [6, 6.07) is 203. The summed E-state index contributed by atoms with van der Waals surface area (Å²) >= 11 is 5.64. The van der Waals surface area contributed by atoms with E-state index in [4.69, 9.17) is 0 Å². The first-order valence-corrected chi connectivity index (χ1v) is 53.6. The largest absolute Gasteiger partial charge is 0.316 e. The summed E-state index contributed by atoms with van der Waals surface area (Å²) in [5, 5.41) is 11.6. The van der Waals surface area contributed by atoms with E-state index in [1.165, 1.54) is 249 Å². The monoisotopic (exact) mass is 1960 g/mol. The maximum absolute atomic E-state index is 2.37. The molecule has 150 heavy (non-hydrogen) atoms. The van der Waals surface area contributed by atoms with Crippen LogP contribution in [0.25, 0.3) is 266 Å². The molecule has 0 aliphatic rings. The van der Waals surface area contributed by atoms with E-state index in [0.29, 0.717) is 0 Å². The molecule has 0 unspecified atom stereocenters. The van der Waals surface area contributed by atoms with Crippen LogP contribution in [0.4, 0.5) is 0 Å². The lowest BCUT2D eigenvalue weighted by atomic mass is 9.97. The minimum Gasteiger partial charge on any atom is -0.316 e. The Bertz CT molecular complexity index is 10000. The highest BCUT2D eigenvalue weighted by molar-refractivity contribution is 7.27. The fourth-order valence-corrected chi connectivity index (χ4v) is 25.4. The number of fused-ring (bicyclic) bond motifs is 12. The molecule has 0 aliphatic carbocycles. The van der Waals surface area contributed by atoms with Crippen molar-refractivity contribution in [3.8, 4) is 173 Å². The molecule has 0 amide bonds. The molecule has 6 aromatic heterocycles. The first-order chi connectivity index (χ1) is 74.3. The molecular formula is C144H95N3S3. The molecule has 0 radical (unpaired) electrons. The van der Waals surface area contributed by atoms with Gasteiger partial charge in [0, 0.05) is 129 Å². The highest BCUT2D eigenvalue weighted by Crippen LogP contribution is 2.49. The molecule has 0 bridgehead atoms. The van der Waals surface area contributed by atoms with E-state index in [1.54, 1.807) is 0 Å². The molecule has 6 heterocycles. The SMILES string of the molecule is c1ccc(-c2ccc(-c3ccc4c(c3)c(-c3ccc(-c5ccccc5)cc3)cn4-c3ccc(-c4ccc5sc6ccc(-c7ccccc7)cc6c5c4)cc3)cc2)cc1.c1ccc(-c2ccc3c(c2)c(-c2ccccc2)cn3-c2ccc(-c3ccc4sc5ccc(-c6ccccc6)cc5c4c3)cc2)cc1.c1ccc(-c2ccc3c(c2)c(-c2ccccc2)cn3-c2ccc(-c3cccc4c3sc3c(-c5ccccc5)cccc34)cc2)cc1. The minimum atomic E-state index is 1.13. The molecule has 0 saturated carbocycles. The average molecular weight is 1960 g/mol. The molecule has 0 N–H and O–H groups in total. The van der Waals surface area contributed by atoms with Crippen LogP contribution < -0.4 is 0 Å². The molecule has 704 valence electrons. The number of rotatable bonds is 17. The van der Waals surface area contributed by atoms with Crippen molar-refractivity contribution in [3.05, 3.63) is 577 Å². The van der Waals surface area contributed by atoms with Crippen LogP contribution in [0, 0.1) is 0 Å². The first kappa shape index (κ1) is 90.1. The van der Waals surface area contributed by atoms with Gasteiger partial charge in [0.1, 0.15) is 0 Å². The van der Waals surface area contributed by atoms with E-state index in [0.717, 1.165) is 17.1 Å². The maximum Gasteiger partial charge on any atom is 0.0535 e. The van der Waals surface area contributed by atoms with Gasteiger partial charge in [-0.1, -0.05) is 437 Å². The van der Waals surface area contributed by atoms with Crippen molar-refractivity contribution in [3.63, 3.8) is 0 Å². The second-order valence-electron chi connectivity index (χ2n) is 38.5. The molecule has 6 heteroatoms. The predicted molar refractivity (Wildman–Crippen MR) is 645 cm³/mol. The van der Waals surface area contributed by atoms with Gasteiger partial charge in [-0.3, -0.25) is 0 Å². The van der Waals surface area contributed by atoms with Crippen LogP contribution >= 0.6 is 34.0 Å². The summed E-state index contributed by atoms with van der Waals surface area (Å²) in [4.78, 5) is 0. The second kappa shape index (κ2) is 39.4. The normalized spacial score (nSPS) is 11.5. The highest BCUT2D eigenvalue weighted by Gasteiger charge is 2.23. The highest BCUT2D eigenvalue weighted by atomic mass is 32.1. The molecule has 23 aromatic carbocycles. The Balaban J connectivity index is 0.000000112. The Kier molecular flexibility index (Phi) is 23.7. The van der Waals surface area contributed by atoms with Gasteiger partial charge in [0.2, 0.25) is 0 Å². The standard InChI is InChI=1S/C56H37NS.2C44H29NS/c1-4-10-38(11-5-1)41-16-18-43(19-17-41)46-26-31-54-50(34-46)53(45-22-20-42(21-23-45)39-12-6-2-7-13-39)37-57(54)49-29-24-44(25-30-49)48-28-33-56-52(36-48)51-35-47(27-32-55(51)58-56)40-14-8-3-9-15-40;1-4-12-30(13-5-1)34-24-27-42-40(28-34)41(32-16-8-3-9-17-32)29-45(42)35-25-22-33(23-26-35)37-19-11-21-39-38-20-10-18-36(43(38)46-44(37)39)31-14-6-2-7-15-31;1-4-10-30(11-5-1)34-18-23-42-38(26-34)41(33-14-8-3-9-15-33)29-45(42)37-21-16-32(17-22-37)36-20-25-44-40(28-36)39-27-35(19-24-43(39)46-44)31-12-6-2-7-13-31/h1-37H;2*1-29H. The lowest BCUT2D eigenvalue weighted by molar-refractivity contribution is 1.13. The number of thiophene rings is 3. The van der Waals surface area contributed by atoms with Crippen molar-refractivity contribution in [2.75, 3.05) is 0 Å². The summed E-state index contributed by atoms with van der Waals surface area (Å²) in [5.41, 5.74) is 41.5. The summed E-state index contributed by atoms with van der Waals surface area (Å²) in [7, 11) is 0. The Hall–Kier alpha value is -18.7. The summed E-state index contributed by atoms with van der Waals surface area (Å²) in [6.07, 6.45) is 6.90. The molecule has 3 nitrogen and oxygen atoms in total. The zero-order chi connectivity index (χ0) is 99.3. The Labute approximate surface area is 883 Å². The van der Waals surface area contributed by atoms with Gasteiger partial charge in [0.25, 0.3) is 0 Å². The van der Waals surface area contributed by atoms with Gasteiger partial charge < -0.3 is 13.7 Å². The third-order valence-corrected chi connectivity index (χ3v) is 33.2. The van der Waals surface area contributed by atoms with Crippen LogP contribution in [0.2, 0.25) is 0 Å². The molecule has 29 aromatic rings. The first-order valence-electron chi connectivity index (χ1n) is 51.2. The number of hydrogen-bond donors (Lipinski definition) is 0. The lowest BCUT2D eigenvalue weighted by Crippen LogP contribution is -1.92. The Morgan fingerprint density at radius 2 is 0.293 bits per heavy atom. The van der Waals surface area contributed by atoms with E-state index < -0.39 is 0 Å². The smallest absolute Gasteiger partial charge is 0.0535 e. The molecule has 0 aliphatic heterocycles. The van der Waals surface area contributed by atoms with Crippen LogP contribution in [0.5, 0.6) is 0 Å². The van der Waals surface area contributed by atoms with Crippen molar-refractivity contribution in [2.45, 2.75) is 0 Å². The van der Waals surface area contributed by atoms with E-state index >= 15 is 0 Å². The van der Waals surface area contributed by atoms with Gasteiger partial charge in [-0.25, -0.2) is 0 Å². The summed E-state index contributed by atoms with van der Waals surface area (Å²) < 4.78 is 15.0. The van der Waals surface area contributed by atoms with E-state index in [-0.39, 0.29) is 0 Å². The van der Waals surface area contributed by atoms with Crippen LogP contribution in [-0.2, 0) is 0 Å². The minimum absolute atomic E-state index is 1.13. The number of nitrogens with zero attached hydrogens (tertiary/aromatic N) is 3.